The van der Waals surface area contributed by atoms with E-state index in [2.05, 4.69) is 0 Å². The molecule has 13 heavy (non-hydrogen) atoms. The van der Waals surface area contributed by atoms with Crippen molar-refractivity contribution in [3.8, 4) is 0 Å². The Morgan fingerprint density at radius 2 is 2.08 bits per heavy atom. The molecule has 2 nitrogen and oxygen atoms in total. The summed E-state index contributed by atoms with van der Waals surface area (Å²) in [7, 11) is 0. The summed E-state index contributed by atoms with van der Waals surface area (Å²) in [6, 6.07) is 0. The molecular formula is C9H19CoFO2. The second-order valence-electron chi connectivity index (χ2n) is 3.56. The zero-order valence-electron chi connectivity index (χ0n) is 8.47. The first kappa shape index (κ1) is 13.2. The third-order valence-corrected chi connectivity index (χ3v) is 4.87. The number of aliphatic hydroxyl groups excluding tert-OH is 1. The van der Waals surface area contributed by atoms with Gasteiger partial charge in [0.1, 0.15) is 0 Å². The first-order chi connectivity index (χ1) is 5.94. The molecular weight excluding hydrogens is 218 g/mol. The van der Waals surface area contributed by atoms with Gasteiger partial charge in [-0.15, -0.1) is 0 Å². The Bertz CT molecular complexity index is 171. The third kappa shape index (κ3) is 4.83. The van der Waals surface area contributed by atoms with Gasteiger partial charge < -0.3 is 0 Å². The molecule has 0 heterocycles. The van der Waals surface area contributed by atoms with E-state index in [9.17, 15) is 13.4 Å². The summed E-state index contributed by atoms with van der Waals surface area (Å²) in [6.07, 6.45) is 0.155. The van der Waals surface area contributed by atoms with Crippen molar-refractivity contribution in [1.29, 1.82) is 0 Å². The molecule has 0 aliphatic heterocycles. The summed E-state index contributed by atoms with van der Waals surface area (Å²) in [4.78, 5) is 0. The summed E-state index contributed by atoms with van der Waals surface area (Å²) in [5.74, 6) is 0. The molecule has 0 saturated heterocycles. The Labute approximate surface area is 83.5 Å². The maximum absolute atomic E-state index is 11.8. The Hall–Kier alpha value is 0.196. The van der Waals surface area contributed by atoms with E-state index in [4.69, 9.17) is 0 Å². The molecule has 0 rings (SSSR count). The molecule has 4 heteroatoms. The van der Waals surface area contributed by atoms with Crippen molar-refractivity contribution in [2.75, 3.05) is 6.67 Å². The molecule has 0 amide bonds. The average molecular weight is 237 g/mol. The minimum atomic E-state index is -1.42. The van der Waals surface area contributed by atoms with Crippen molar-refractivity contribution in [2.24, 2.45) is 0 Å². The zero-order valence-corrected chi connectivity index (χ0v) is 9.51. The van der Waals surface area contributed by atoms with Crippen LogP contribution in [0.5, 0.6) is 0 Å². The SMILES string of the molecule is CC[C](C)(C)[Co](=[O])[CH2]C(O)CCF. The second-order valence-corrected chi connectivity index (χ2v) is 6.28. The molecule has 83 valence electrons. The van der Waals surface area contributed by atoms with E-state index in [0.29, 0.717) is 0 Å². The number of hydrogen-bond acceptors (Lipinski definition) is 2. The number of alkyl halides is 1. The average Bonchev–Trinajstić information content (AvgIpc) is 2.04. The van der Waals surface area contributed by atoms with Crippen molar-refractivity contribution in [3.63, 3.8) is 0 Å². The molecule has 1 unspecified atom stereocenters. The van der Waals surface area contributed by atoms with Gasteiger partial charge in [0.05, 0.1) is 0 Å². The minimum absolute atomic E-state index is 0.0975. The van der Waals surface area contributed by atoms with E-state index < -0.39 is 26.4 Å². The Morgan fingerprint density at radius 3 is 2.46 bits per heavy atom. The molecule has 0 aromatic rings. The Kier molecular flexibility index (Phi) is 5.92. The van der Waals surface area contributed by atoms with Crippen LogP contribution < -0.4 is 0 Å². The number of hydrogen-bond donors (Lipinski definition) is 1. The summed E-state index contributed by atoms with van der Waals surface area (Å²) >= 11 is -1.42. The van der Waals surface area contributed by atoms with E-state index in [-0.39, 0.29) is 16.1 Å². The zero-order chi connectivity index (χ0) is 10.5. The monoisotopic (exact) mass is 237 g/mol. The van der Waals surface area contributed by atoms with Gasteiger partial charge in [0.2, 0.25) is 0 Å². The van der Waals surface area contributed by atoms with E-state index in [1.54, 1.807) is 0 Å². The summed E-state index contributed by atoms with van der Waals surface area (Å²) in [5, 5.41) is 9.47. The normalized spacial score (nSPS) is 15.6. The summed E-state index contributed by atoms with van der Waals surface area (Å²) in [5.41, 5.74) is 0. The standard InChI is InChI=1S/C5H11.C4H8FO.Co.O/c1-4-5(2)3;1-4(6)2-3-5;;/h4H2,1-3H3;4,6H,1-3H2;;. The van der Waals surface area contributed by atoms with Gasteiger partial charge in [-0.25, -0.2) is 0 Å². The molecule has 0 radical (unpaired) electrons. The van der Waals surface area contributed by atoms with Crippen LogP contribution in [0.15, 0.2) is 0 Å². The van der Waals surface area contributed by atoms with Gasteiger partial charge in [-0.3, -0.25) is 0 Å². The van der Waals surface area contributed by atoms with Crippen molar-refractivity contribution in [1.82, 2.24) is 0 Å². The van der Waals surface area contributed by atoms with Gasteiger partial charge in [0, 0.05) is 0 Å². The number of aliphatic hydroxyl groups is 1. The maximum atomic E-state index is 11.8. The van der Waals surface area contributed by atoms with Crippen molar-refractivity contribution >= 4 is 0 Å². The van der Waals surface area contributed by atoms with Gasteiger partial charge in [-0.05, 0) is 0 Å². The van der Waals surface area contributed by atoms with Crippen LogP contribution in [-0.4, -0.2) is 17.9 Å². The first-order valence-electron chi connectivity index (χ1n) is 4.44. The molecule has 0 bridgehead atoms. The topological polar surface area (TPSA) is 37.3 Å². The van der Waals surface area contributed by atoms with Crippen molar-refractivity contribution in [2.45, 2.75) is 49.4 Å². The van der Waals surface area contributed by atoms with Gasteiger partial charge in [0.25, 0.3) is 0 Å². The van der Waals surface area contributed by atoms with Gasteiger partial charge in [-0.2, -0.15) is 0 Å². The number of halogens is 1. The van der Waals surface area contributed by atoms with E-state index >= 15 is 0 Å². The predicted octanol–water partition coefficient (Wildman–Crippen LogP) is 2.70. The first-order valence-corrected chi connectivity index (χ1v) is 6.12. The fourth-order valence-corrected chi connectivity index (χ4v) is 2.30. The molecule has 0 saturated carbocycles. The van der Waals surface area contributed by atoms with Crippen molar-refractivity contribution in [3.05, 3.63) is 0 Å². The quantitative estimate of drug-likeness (QED) is 0.771. The van der Waals surface area contributed by atoms with Crippen molar-refractivity contribution < 1.29 is 26.9 Å². The van der Waals surface area contributed by atoms with Gasteiger partial charge >= 0.3 is 83.0 Å². The molecule has 0 aromatic carbocycles. The van der Waals surface area contributed by atoms with E-state index in [0.717, 1.165) is 6.42 Å². The second kappa shape index (κ2) is 5.83. The van der Waals surface area contributed by atoms with E-state index in [1.165, 1.54) is 0 Å². The third-order valence-electron chi connectivity index (χ3n) is 2.05. The number of rotatable bonds is 6. The van der Waals surface area contributed by atoms with Gasteiger partial charge in [0.15, 0.2) is 0 Å². The molecule has 1 N–H and O–H groups in total. The molecule has 0 spiro atoms. The van der Waals surface area contributed by atoms with Gasteiger partial charge in [-0.1, -0.05) is 0 Å². The molecule has 1 atom stereocenters. The molecule has 0 aliphatic carbocycles. The van der Waals surface area contributed by atoms with Crippen LogP contribution in [0.4, 0.5) is 4.39 Å². The van der Waals surface area contributed by atoms with Crippen LogP contribution in [0.1, 0.15) is 33.6 Å². The van der Waals surface area contributed by atoms with Crippen LogP contribution in [0, 0.1) is 0 Å². The Morgan fingerprint density at radius 1 is 1.54 bits per heavy atom. The van der Waals surface area contributed by atoms with Crippen LogP contribution in [-0.2, 0) is 17.5 Å². The molecule has 0 fully saturated rings. The fourth-order valence-electron chi connectivity index (χ4n) is 0.652. The Balaban J connectivity index is 3.99. The van der Waals surface area contributed by atoms with Crippen LogP contribution in [0.25, 0.3) is 0 Å². The molecule has 0 aromatic heterocycles. The molecule has 0 aliphatic rings. The summed E-state index contributed by atoms with van der Waals surface area (Å²) < 4.78 is 23.2. The predicted molar refractivity (Wildman–Crippen MR) is 46.4 cm³/mol. The summed E-state index contributed by atoms with van der Waals surface area (Å²) in [6.45, 7) is 5.24. The van der Waals surface area contributed by atoms with E-state index in [1.807, 2.05) is 20.8 Å². The van der Waals surface area contributed by atoms with Crippen LogP contribution in [0.3, 0.4) is 0 Å². The van der Waals surface area contributed by atoms with Crippen LogP contribution >= 0.6 is 0 Å². The van der Waals surface area contributed by atoms with Crippen LogP contribution in [0.2, 0.25) is 9.70 Å². The fraction of sp³-hybridized carbons (Fsp3) is 1.00.